The van der Waals surface area contributed by atoms with Crippen molar-refractivity contribution in [1.29, 1.82) is 0 Å². The molecule has 7 heteroatoms. The topological polar surface area (TPSA) is 93.7 Å². The number of rotatable bonds is 9. The molecule has 1 heterocycles. The third kappa shape index (κ3) is 8.15. The third-order valence-electron chi connectivity index (χ3n) is 6.48. The fraction of sp³-hybridized carbons (Fsp3) is 0.667. The van der Waals surface area contributed by atoms with Crippen molar-refractivity contribution >= 4 is 11.9 Å². The Morgan fingerprint density at radius 2 is 1.81 bits per heavy atom. The van der Waals surface area contributed by atoms with Gasteiger partial charge in [0.2, 0.25) is 5.91 Å². The first-order valence-electron chi connectivity index (χ1n) is 11.8. The van der Waals surface area contributed by atoms with Gasteiger partial charge in [0.1, 0.15) is 0 Å². The molecule has 2 aliphatic rings. The van der Waals surface area contributed by atoms with Gasteiger partial charge in [0, 0.05) is 50.7 Å². The molecule has 0 bridgehead atoms. The molecule has 0 aromatic heterocycles. The molecule has 3 amide bonds. The monoisotopic (exact) mass is 430 g/mol. The molecule has 3 rings (SSSR count). The summed E-state index contributed by atoms with van der Waals surface area (Å²) < 4.78 is 0. The lowest BCUT2D eigenvalue weighted by molar-refractivity contribution is -0.122. The minimum atomic E-state index is -0.128. The predicted octanol–water partition coefficient (Wildman–Crippen LogP) is 2.40. The summed E-state index contributed by atoms with van der Waals surface area (Å²) in [6.07, 6.45) is 7.60. The van der Waals surface area contributed by atoms with Crippen molar-refractivity contribution in [2.75, 3.05) is 26.2 Å². The first-order chi connectivity index (χ1) is 15.1. The lowest BCUT2D eigenvalue weighted by Gasteiger charge is -2.38. The maximum Gasteiger partial charge on any atom is 0.315 e. The first kappa shape index (κ1) is 23.5. The highest BCUT2D eigenvalue weighted by molar-refractivity contribution is 5.76. The van der Waals surface area contributed by atoms with Gasteiger partial charge >= 0.3 is 6.03 Å². The summed E-state index contributed by atoms with van der Waals surface area (Å²) in [6, 6.07) is 10.4. The molecule has 1 aliphatic heterocycles. The van der Waals surface area contributed by atoms with Gasteiger partial charge in [-0.1, -0.05) is 49.6 Å². The number of amides is 3. The van der Waals surface area contributed by atoms with Crippen LogP contribution in [-0.2, 0) is 11.3 Å². The number of urea groups is 1. The van der Waals surface area contributed by atoms with E-state index in [9.17, 15) is 14.7 Å². The van der Waals surface area contributed by atoms with Gasteiger partial charge in [0.25, 0.3) is 0 Å². The Morgan fingerprint density at radius 3 is 2.55 bits per heavy atom. The molecule has 7 nitrogen and oxygen atoms in total. The van der Waals surface area contributed by atoms with Crippen LogP contribution >= 0.6 is 0 Å². The minimum Gasteiger partial charge on any atom is -0.396 e. The SMILES string of the molecule is O=C(CCCNC(=O)NC1CCCCC1)N[C@H]1CN(Cc2ccccc2)CC[C@@H]1CO. The van der Waals surface area contributed by atoms with Crippen LogP contribution < -0.4 is 16.0 Å². The Balaban J connectivity index is 1.35. The Labute approximate surface area is 186 Å². The smallest absolute Gasteiger partial charge is 0.315 e. The second kappa shape index (κ2) is 12.7. The van der Waals surface area contributed by atoms with E-state index in [1.165, 1.54) is 24.8 Å². The van der Waals surface area contributed by atoms with E-state index in [1.807, 2.05) is 18.2 Å². The third-order valence-corrected chi connectivity index (χ3v) is 6.48. The van der Waals surface area contributed by atoms with Crippen molar-refractivity contribution in [3.8, 4) is 0 Å². The van der Waals surface area contributed by atoms with E-state index in [-0.39, 0.29) is 36.5 Å². The zero-order valence-electron chi connectivity index (χ0n) is 18.5. The molecule has 172 valence electrons. The number of carbonyl (C=O) groups excluding carboxylic acids is 2. The summed E-state index contributed by atoms with van der Waals surface area (Å²) in [7, 11) is 0. The molecule has 1 aliphatic carbocycles. The predicted molar refractivity (Wildman–Crippen MR) is 121 cm³/mol. The van der Waals surface area contributed by atoms with Crippen LogP contribution in [0, 0.1) is 5.92 Å². The number of nitrogens with one attached hydrogen (secondary N) is 3. The molecule has 4 N–H and O–H groups in total. The fourth-order valence-electron chi connectivity index (χ4n) is 4.65. The van der Waals surface area contributed by atoms with Gasteiger partial charge < -0.3 is 21.1 Å². The van der Waals surface area contributed by atoms with Gasteiger partial charge in [-0.05, 0) is 37.8 Å². The molecular weight excluding hydrogens is 392 g/mol. The standard InChI is InChI=1S/C24H38N4O3/c29-18-20-13-15-28(16-19-8-3-1-4-9-19)17-22(20)27-23(30)12-7-14-25-24(31)26-21-10-5-2-6-11-21/h1,3-4,8-9,20-22,29H,2,5-7,10-18H2,(H,27,30)(H2,25,26,31)/t20-,22+/m1/s1. The van der Waals surface area contributed by atoms with E-state index in [4.69, 9.17) is 0 Å². The average Bonchev–Trinajstić information content (AvgIpc) is 2.78. The number of nitrogens with zero attached hydrogens (tertiary/aromatic N) is 1. The Kier molecular flexibility index (Phi) is 9.62. The number of likely N-dealkylation sites (tertiary alicyclic amines) is 1. The number of aliphatic hydroxyl groups is 1. The van der Waals surface area contributed by atoms with Crippen LogP contribution in [0.1, 0.15) is 56.9 Å². The molecule has 1 aromatic rings. The maximum atomic E-state index is 12.5. The van der Waals surface area contributed by atoms with E-state index in [0.717, 1.165) is 38.9 Å². The Morgan fingerprint density at radius 1 is 1.03 bits per heavy atom. The van der Waals surface area contributed by atoms with Gasteiger partial charge in [-0.25, -0.2) is 4.79 Å². The van der Waals surface area contributed by atoms with Gasteiger partial charge in [-0.2, -0.15) is 0 Å². The van der Waals surface area contributed by atoms with E-state index in [0.29, 0.717) is 19.4 Å². The fourth-order valence-corrected chi connectivity index (χ4v) is 4.65. The van der Waals surface area contributed by atoms with Gasteiger partial charge in [-0.3, -0.25) is 9.69 Å². The largest absolute Gasteiger partial charge is 0.396 e. The second-order valence-corrected chi connectivity index (χ2v) is 8.96. The van der Waals surface area contributed by atoms with E-state index in [1.54, 1.807) is 0 Å². The summed E-state index contributed by atoms with van der Waals surface area (Å²) in [5, 5.41) is 18.7. The van der Waals surface area contributed by atoms with Crippen LogP contribution in [0.2, 0.25) is 0 Å². The van der Waals surface area contributed by atoms with Crippen LogP contribution in [-0.4, -0.2) is 60.3 Å². The van der Waals surface area contributed by atoms with Crippen molar-refractivity contribution in [3.05, 3.63) is 35.9 Å². The first-order valence-corrected chi connectivity index (χ1v) is 11.8. The highest BCUT2D eigenvalue weighted by Crippen LogP contribution is 2.20. The zero-order chi connectivity index (χ0) is 21.9. The van der Waals surface area contributed by atoms with E-state index in [2.05, 4.69) is 33.0 Å². The Hall–Kier alpha value is -2.12. The molecule has 1 saturated heterocycles. The van der Waals surface area contributed by atoms with Crippen molar-refractivity contribution in [2.24, 2.45) is 5.92 Å². The second-order valence-electron chi connectivity index (χ2n) is 8.96. The van der Waals surface area contributed by atoms with Gasteiger partial charge in [0.05, 0.1) is 0 Å². The molecule has 0 radical (unpaired) electrons. The Bertz CT molecular complexity index is 679. The quantitative estimate of drug-likeness (QED) is 0.453. The zero-order valence-corrected chi connectivity index (χ0v) is 18.5. The van der Waals surface area contributed by atoms with Crippen molar-refractivity contribution in [1.82, 2.24) is 20.9 Å². The highest BCUT2D eigenvalue weighted by atomic mass is 16.3. The summed E-state index contributed by atoms with van der Waals surface area (Å²) in [6.45, 7) is 3.10. The molecular formula is C24H38N4O3. The van der Waals surface area contributed by atoms with Crippen LogP contribution in [0.15, 0.2) is 30.3 Å². The van der Waals surface area contributed by atoms with Gasteiger partial charge in [-0.15, -0.1) is 0 Å². The average molecular weight is 431 g/mol. The number of carbonyl (C=O) groups is 2. The maximum absolute atomic E-state index is 12.5. The lowest BCUT2D eigenvalue weighted by atomic mass is 9.91. The summed E-state index contributed by atoms with van der Waals surface area (Å²) in [5.74, 6) is 0.0786. The van der Waals surface area contributed by atoms with Crippen LogP contribution in [0.3, 0.4) is 0 Å². The number of hydrogen-bond acceptors (Lipinski definition) is 4. The molecule has 0 spiro atoms. The van der Waals surface area contributed by atoms with Crippen molar-refractivity contribution in [2.45, 2.75) is 70.0 Å². The highest BCUT2D eigenvalue weighted by Gasteiger charge is 2.29. The number of aliphatic hydroxyl groups excluding tert-OH is 1. The summed E-state index contributed by atoms with van der Waals surface area (Å²) >= 11 is 0. The molecule has 1 saturated carbocycles. The minimum absolute atomic E-state index is 0.0144. The van der Waals surface area contributed by atoms with Gasteiger partial charge in [0.15, 0.2) is 0 Å². The van der Waals surface area contributed by atoms with Crippen LogP contribution in [0.25, 0.3) is 0 Å². The number of hydrogen-bond donors (Lipinski definition) is 4. The van der Waals surface area contributed by atoms with E-state index >= 15 is 0 Å². The van der Waals surface area contributed by atoms with Crippen LogP contribution in [0.4, 0.5) is 4.79 Å². The molecule has 1 aromatic carbocycles. The van der Waals surface area contributed by atoms with E-state index < -0.39 is 0 Å². The number of piperidine rings is 1. The normalized spacial score (nSPS) is 22.6. The molecule has 0 unspecified atom stereocenters. The van der Waals surface area contributed by atoms with Crippen molar-refractivity contribution in [3.63, 3.8) is 0 Å². The lowest BCUT2D eigenvalue weighted by Crippen LogP contribution is -2.53. The summed E-state index contributed by atoms with van der Waals surface area (Å²) in [4.78, 5) is 26.8. The summed E-state index contributed by atoms with van der Waals surface area (Å²) in [5.41, 5.74) is 1.26. The molecule has 31 heavy (non-hydrogen) atoms. The molecule has 2 fully saturated rings. The van der Waals surface area contributed by atoms with Crippen LogP contribution in [0.5, 0.6) is 0 Å². The number of benzene rings is 1. The van der Waals surface area contributed by atoms with Crippen molar-refractivity contribution < 1.29 is 14.7 Å². The molecule has 2 atom stereocenters.